The summed E-state index contributed by atoms with van der Waals surface area (Å²) >= 11 is 0. The molecular weight excluding hydrogens is 382 g/mol. The zero-order chi connectivity index (χ0) is 16.9. The highest BCUT2D eigenvalue weighted by Gasteiger charge is 2.36. The summed E-state index contributed by atoms with van der Waals surface area (Å²) in [5.41, 5.74) is 0. The first-order valence-corrected chi connectivity index (χ1v) is 9.61. The fourth-order valence-corrected chi connectivity index (χ4v) is 4.18. The lowest BCUT2D eigenvalue weighted by atomic mass is 9.87. The molecule has 0 aromatic rings. The molecule has 1 aliphatic carbocycles. The molecule has 1 unspecified atom stereocenters. The number of nitrogens with zero attached hydrogens (tertiary/aromatic N) is 2. The maximum Gasteiger partial charge on any atom is 0.308 e. The summed E-state index contributed by atoms with van der Waals surface area (Å²) in [7, 11) is 0. The fraction of sp³-hybridized carbons (Fsp3) is 0.944. The molecule has 0 aromatic carbocycles. The Balaban J connectivity index is 0.00000169. The first-order chi connectivity index (χ1) is 11.7. The van der Waals surface area contributed by atoms with Crippen molar-refractivity contribution in [2.24, 2.45) is 5.92 Å². The molecule has 3 fully saturated rings. The molecule has 2 heterocycles. The minimum Gasteiger partial charge on any atom is -0.466 e. The number of ether oxygens (including phenoxy) is 2. The molecule has 0 bridgehead atoms. The maximum absolute atomic E-state index is 13.6. The Morgan fingerprint density at radius 3 is 2.23 bits per heavy atom. The topological polar surface area (TPSA) is 42.0 Å². The number of alkyl halides is 1. The maximum atomic E-state index is 13.6. The van der Waals surface area contributed by atoms with Crippen molar-refractivity contribution < 1.29 is 18.7 Å². The van der Waals surface area contributed by atoms with E-state index in [2.05, 4.69) is 9.80 Å². The van der Waals surface area contributed by atoms with E-state index in [0.717, 1.165) is 45.3 Å². The Morgan fingerprint density at radius 1 is 1.04 bits per heavy atom. The Morgan fingerprint density at radius 2 is 1.69 bits per heavy atom. The van der Waals surface area contributed by atoms with E-state index >= 15 is 0 Å². The van der Waals surface area contributed by atoms with Crippen molar-refractivity contribution in [1.29, 1.82) is 0 Å². The third-order valence-electron chi connectivity index (χ3n) is 5.54. The van der Waals surface area contributed by atoms with Crippen LogP contribution in [0.3, 0.4) is 0 Å². The van der Waals surface area contributed by atoms with Gasteiger partial charge >= 0.3 is 5.97 Å². The van der Waals surface area contributed by atoms with Crippen LogP contribution in [0.5, 0.6) is 0 Å². The van der Waals surface area contributed by atoms with Gasteiger partial charge in [-0.05, 0) is 51.9 Å². The largest absolute Gasteiger partial charge is 0.466 e. The molecule has 26 heavy (non-hydrogen) atoms. The number of rotatable bonds is 6. The van der Waals surface area contributed by atoms with Gasteiger partial charge in [-0.3, -0.25) is 14.6 Å². The summed E-state index contributed by atoms with van der Waals surface area (Å²) in [4.78, 5) is 16.4. The number of likely N-dealkylation sites (tertiary alicyclic amines) is 2. The third-order valence-corrected chi connectivity index (χ3v) is 5.54. The average molecular weight is 415 g/mol. The van der Waals surface area contributed by atoms with Crippen molar-refractivity contribution >= 4 is 30.8 Å². The van der Waals surface area contributed by atoms with E-state index in [9.17, 15) is 9.18 Å². The minimum absolute atomic E-state index is 0. The van der Waals surface area contributed by atoms with E-state index in [4.69, 9.17) is 9.47 Å². The van der Waals surface area contributed by atoms with E-state index in [0.29, 0.717) is 19.6 Å². The number of esters is 1. The van der Waals surface area contributed by atoms with Crippen LogP contribution in [0.15, 0.2) is 0 Å². The highest BCUT2D eigenvalue weighted by atomic mass is 35.5. The standard InChI is InChI=1S/C18H31FN2O3.2ClH/c1-2-23-17(22)14-5-7-16(8-6-14)24-18(20-10-3-4-11-20)21-12-9-15(19)13-21;;/h14-16,18H,2-13H2,1H3;2*1H/t14-,15-,16-,18?;;/m0../s1. The van der Waals surface area contributed by atoms with Gasteiger partial charge in [0.15, 0.2) is 6.35 Å². The Labute approximate surface area is 168 Å². The first-order valence-electron chi connectivity index (χ1n) is 9.61. The summed E-state index contributed by atoms with van der Waals surface area (Å²) in [6, 6.07) is 0. The normalized spacial score (nSPS) is 31.1. The summed E-state index contributed by atoms with van der Waals surface area (Å²) in [5, 5.41) is 0. The number of carbonyl (C=O) groups is 1. The monoisotopic (exact) mass is 414 g/mol. The fourth-order valence-electron chi connectivity index (χ4n) is 4.18. The molecule has 3 aliphatic rings. The van der Waals surface area contributed by atoms with Crippen LogP contribution < -0.4 is 0 Å². The quantitative estimate of drug-likeness (QED) is 0.623. The zero-order valence-electron chi connectivity index (χ0n) is 15.6. The van der Waals surface area contributed by atoms with Crippen molar-refractivity contribution in [3.05, 3.63) is 0 Å². The number of hydrogen-bond acceptors (Lipinski definition) is 5. The van der Waals surface area contributed by atoms with Crippen LogP contribution in [0.2, 0.25) is 0 Å². The Hall–Kier alpha value is -0.140. The van der Waals surface area contributed by atoms with Gasteiger partial charge < -0.3 is 9.47 Å². The van der Waals surface area contributed by atoms with Crippen LogP contribution in [0.1, 0.15) is 51.9 Å². The van der Waals surface area contributed by atoms with Gasteiger partial charge in [0.1, 0.15) is 6.17 Å². The molecule has 0 radical (unpaired) electrons. The molecule has 154 valence electrons. The minimum atomic E-state index is -0.724. The number of hydrogen-bond donors (Lipinski definition) is 0. The van der Waals surface area contributed by atoms with Crippen LogP contribution in [-0.2, 0) is 14.3 Å². The van der Waals surface area contributed by atoms with E-state index in [1.807, 2.05) is 6.92 Å². The first kappa shape index (κ1) is 23.9. The van der Waals surface area contributed by atoms with E-state index in [1.54, 1.807) is 0 Å². The molecule has 0 aromatic heterocycles. The van der Waals surface area contributed by atoms with Crippen LogP contribution in [-0.4, -0.2) is 67.2 Å². The number of carbonyl (C=O) groups excluding carboxylic acids is 1. The van der Waals surface area contributed by atoms with Crippen molar-refractivity contribution in [3.63, 3.8) is 0 Å². The van der Waals surface area contributed by atoms with Crippen LogP contribution in [0, 0.1) is 5.92 Å². The highest BCUT2D eigenvalue weighted by molar-refractivity contribution is 5.85. The van der Waals surface area contributed by atoms with Crippen molar-refractivity contribution in [3.8, 4) is 0 Å². The summed E-state index contributed by atoms with van der Waals surface area (Å²) in [6.45, 7) is 5.64. The van der Waals surface area contributed by atoms with Gasteiger partial charge in [0.25, 0.3) is 0 Å². The second kappa shape index (κ2) is 11.6. The van der Waals surface area contributed by atoms with Crippen LogP contribution in [0.4, 0.5) is 4.39 Å². The molecule has 0 spiro atoms. The smallest absolute Gasteiger partial charge is 0.308 e. The predicted octanol–water partition coefficient (Wildman–Crippen LogP) is 3.39. The summed E-state index contributed by atoms with van der Waals surface area (Å²) in [6.07, 6.45) is 5.81. The summed E-state index contributed by atoms with van der Waals surface area (Å²) in [5.74, 6) is -0.0381. The van der Waals surface area contributed by atoms with Crippen molar-refractivity contribution in [2.75, 3.05) is 32.8 Å². The molecule has 8 heteroatoms. The van der Waals surface area contributed by atoms with Gasteiger partial charge in [0.2, 0.25) is 0 Å². The van der Waals surface area contributed by atoms with Gasteiger partial charge in [0.05, 0.1) is 18.6 Å². The van der Waals surface area contributed by atoms with Crippen molar-refractivity contribution in [1.82, 2.24) is 9.80 Å². The zero-order valence-corrected chi connectivity index (χ0v) is 17.2. The van der Waals surface area contributed by atoms with Gasteiger partial charge in [0, 0.05) is 26.2 Å². The van der Waals surface area contributed by atoms with Crippen molar-refractivity contribution in [2.45, 2.75) is 70.5 Å². The molecule has 0 amide bonds. The molecule has 2 saturated heterocycles. The van der Waals surface area contributed by atoms with Crippen LogP contribution >= 0.6 is 24.8 Å². The van der Waals surface area contributed by atoms with Gasteiger partial charge in [-0.2, -0.15) is 0 Å². The molecule has 0 N–H and O–H groups in total. The second-order valence-electron chi connectivity index (χ2n) is 7.31. The van der Waals surface area contributed by atoms with Gasteiger partial charge in [-0.25, -0.2) is 4.39 Å². The van der Waals surface area contributed by atoms with E-state index in [1.165, 1.54) is 12.8 Å². The van der Waals surface area contributed by atoms with Crippen LogP contribution in [0.25, 0.3) is 0 Å². The molecule has 5 nitrogen and oxygen atoms in total. The third kappa shape index (κ3) is 6.20. The predicted molar refractivity (Wildman–Crippen MR) is 104 cm³/mol. The Bertz CT molecular complexity index is 419. The summed E-state index contributed by atoms with van der Waals surface area (Å²) < 4.78 is 25.2. The molecule has 2 aliphatic heterocycles. The van der Waals surface area contributed by atoms with Gasteiger partial charge in [-0.1, -0.05) is 0 Å². The molecular formula is C18H33Cl2FN2O3. The molecule has 2 atom stereocenters. The second-order valence-corrected chi connectivity index (χ2v) is 7.31. The number of halogens is 3. The highest BCUT2D eigenvalue weighted by Crippen LogP contribution is 2.30. The van der Waals surface area contributed by atoms with E-state index in [-0.39, 0.29) is 49.2 Å². The lowest BCUT2D eigenvalue weighted by Crippen LogP contribution is -2.50. The van der Waals surface area contributed by atoms with E-state index < -0.39 is 6.17 Å². The molecule has 1 saturated carbocycles. The lowest BCUT2D eigenvalue weighted by Gasteiger charge is -2.38. The SMILES string of the molecule is CCOC(=O)[C@H]1CC[C@H](OC(N2CCCC2)N2CC[C@H](F)C2)CC1.Cl.Cl. The Kier molecular flexibility index (Phi) is 10.7. The van der Waals surface area contributed by atoms with Gasteiger partial charge in [-0.15, -0.1) is 24.8 Å². The average Bonchev–Trinajstić information content (AvgIpc) is 3.25. The molecule has 3 rings (SSSR count). The lowest BCUT2D eigenvalue weighted by molar-refractivity contribution is -0.180.